The molecule has 3 rings (SSSR count). The molecule has 1 N–H and O–H groups in total. The molecule has 0 saturated carbocycles. The Labute approximate surface area is 125 Å². The molecule has 8 nitrogen and oxygen atoms in total. The van der Waals surface area contributed by atoms with Crippen molar-refractivity contribution in [1.29, 1.82) is 0 Å². The standard InChI is InChI=1S/C14H16N4O4/c1-2-10-7-11(19)18-14(17(10)8-12(20)21)15-13(16-18)9-3-5-22-6-4-9/h3,7H,2,4-6,8H2,1H3,(H,20,21). The fourth-order valence-electron chi connectivity index (χ4n) is 2.50. The van der Waals surface area contributed by atoms with Crippen LogP contribution in [0.1, 0.15) is 24.9 Å². The zero-order chi connectivity index (χ0) is 15.7. The minimum atomic E-state index is -0.991. The van der Waals surface area contributed by atoms with Crippen molar-refractivity contribution in [2.45, 2.75) is 26.3 Å². The highest BCUT2D eigenvalue weighted by atomic mass is 16.5. The molecule has 8 heteroatoms. The van der Waals surface area contributed by atoms with Crippen molar-refractivity contribution in [3.8, 4) is 0 Å². The number of rotatable bonds is 4. The van der Waals surface area contributed by atoms with Gasteiger partial charge in [0.2, 0.25) is 5.78 Å². The van der Waals surface area contributed by atoms with Gasteiger partial charge in [-0.05, 0) is 18.4 Å². The van der Waals surface area contributed by atoms with E-state index in [9.17, 15) is 9.59 Å². The van der Waals surface area contributed by atoms with Gasteiger partial charge < -0.3 is 14.4 Å². The van der Waals surface area contributed by atoms with E-state index in [1.807, 2.05) is 13.0 Å². The number of carbonyl (C=O) groups is 1. The summed E-state index contributed by atoms with van der Waals surface area (Å²) in [7, 11) is 0. The Balaban J connectivity index is 2.20. The molecule has 0 spiro atoms. The summed E-state index contributed by atoms with van der Waals surface area (Å²) in [6.45, 7) is 2.68. The predicted octanol–water partition coefficient (Wildman–Crippen LogP) is 0.342. The molecule has 1 aliphatic heterocycles. The van der Waals surface area contributed by atoms with E-state index in [1.165, 1.54) is 10.6 Å². The maximum atomic E-state index is 12.1. The van der Waals surface area contributed by atoms with Gasteiger partial charge in [0.1, 0.15) is 6.54 Å². The number of aryl methyl sites for hydroxylation is 1. The Morgan fingerprint density at radius 3 is 2.95 bits per heavy atom. The zero-order valence-electron chi connectivity index (χ0n) is 12.2. The van der Waals surface area contributed by atoms with E-state index in [2.05, 4.69) is 10.1 Å². The lowest BCUT2D eigenvalue weighted by atomic mass is 10.1. The highest BCUT2D eigenvalue weighted by molar-refractivity contribution is 5.68. The summed E-state index contributed by atoms with van der Waals surface area (Å²) in [6, 6.07) is 1.41. The van der Waals surface area contributed by atoms with E-state index in [4.69, 9.17) is 9.84 Å². The Morgan fingerprint density at radius 1 is 1.50 bits per heavy atom. The van der Waals surface area contributed by atoms with Gasteiger partial charge in [-0.2, -0.15) is 9.50 Å². The number of carboxylic acid groups (broad SMARTS) is 1. The maximum Gasteiger partial charge on any atom is 0.323 e. The van der Waals surface area contributed by atoms with Crippen molar-refractivity contribution in [3.05, 3.63) is 34.0 Å². The number of fused-ring (bicyclic) bond motifs is 1. The van der Waals surface area contributed by atoms with E-state index < -0.39 is 5.97 Å². The topological polar surface area (TPSA) is 98.7 Å². The molecule has 0 unspecified atom stereocenters. The zero-order valence-corrected chi connectivity index (χ0v) is 12.2. The van der Waals surface area contributed by atoms with E-state index in [0.29, 0.717) is 37.6 Å². The second-order valence-corrected chi connectivity index (χ2v) is 5.01. The SMILES string of the molecule is CCc1cc(=O)n2nc(C3=CCOCC3)nc2n1CC(=O)O. The first kappa shape index (κ1) is 14.5. The van der Waals surface area contributed by atoms with Crippen LogP contribution in [0.5, 0.6) is 0 Å². The van der Waals surface area contributed by atoms with Crippen molar-refractivity contribution < 1.29 is 14.6 Å². The monoisotopic (exact) mass is 304 g/mol. The molecule has 1 aliphatic rings. The lowest BCUT2D eigenvalue weighted by Gasteiger charge is -2.10. The molecule has 0 radical (unpaired) electrons. The van der Waals surface area contributed by atoms with Crippen LogP contribution in [0, 0.1) is 0 Å². The molecule has 2 aromatic heterocycles. The number of ether oxygens (including phenoxy) is 1. The van der Waals surface area contributed by atoms with E-state index >= 15 is 0 Å². The number of carboxylic acids is 1. The van der Waals surface area contributed by atoms with E-state index in [0.717, 1.165) is 10.1 Å². The molecule has 0 aliphatic carbocycles. The number of aromatic nitrogens is 4. The van der Waals surface area contributed by atoms with Crippen LogP contribution in [0.3, 0.4) is 0 Å². The molecule has 0 aromatic carbocycles. The summed E-state index contributed by atoms with van der Waals surface area (Å²) in [6.07, 6.45) is 3.09. The van der Waals surface area contributed by atoms with Crippen LogP contribution < -0.4 is 5.56 Å². The smallest absolute Gasteiger partial charge is 0.323 e. The van der Waals surface area contributed by atoms with E-state index in [-0.39, 0.29) is 17.9 Å². The third-order valence-corrected chi connectivity index (χ3v) is 3.58. The summed E-state index contributed by atoms with van der Waals surface area (Å²) in [5, 5.41) is 13.3. The average molecular weight is 304 g/mol. The first-order valence-electron chi connectivity index (χ1n) is 7.08. The van der Waals surface area contributed by atoms with Gasteiger partial charge in [-0.3, -0.25) is 9.59 Å². The average Bonchev–Trinajstić information content (AvgIpc) is 2.96. The Bertz CT molecular complexity index is 818. The molecule has 0 bridgehead atoms. The number of aliphatic carboxylic acids is 1. The van der Waals surface area contributed by atoms with Gasteiger partial charge in [0.05, 0.1) is 13.2 Å². The third kappa shape index (κ3) is 2.52. The summed E-state index contributed by atoms with van der Waals surface area (Å²) in [5.41, 5.74) is 1.23. The van der Waals surface area contributed by atoms with Gasteiger partial charge >= 0.3 is 5.97 Å². The fraction of sp³-hybridized carbons (Fsp3) is 0.429. The summed E-state index contributed by atoms with van der Waals surface area (Å²) < 4.78 is 7.92. The van der Waals surface area contributed by atoms with Crippen molar-refractivity contribution in [2.24, 2.45) is 0 Å². The Kier molecular flexibility index (Phi) is 3.76. The second kappa shape index (κ2) is 5.72. The Morgan fingerprint density at radius 2 is 2.32 bits per heavy atom. The van der Waals surface area contributed by atoms with Crippen molar-refractivity contribution in [1.82, 2.24) is 19.2 Å². The van der Waals surface area contributed by atoms with Crippen LogP contribution in [-0.4, -0.2) is 43.5 Å². The van der Waals surface area contributed by atoms with Crippen LogP contribution in [0.4, 0.5) is 0 Å². The summed E-state index contributed by atoms with van der Waals surface area (Å²) in [4.78, 5) is 27.6. The minimum absolute atomic E-state index is 0.257. The lowest BCUT2D eigenvalue weighted by molar-refractivity contribution is -0.137. The molecule has 0 fully saturated rings. The maximum absolute atomic E-state index is 12.1. The fourth-order valence-corrected chi connectivity index (χ4v) is 2.50. The third-order valence-electron chi connectivity index (χ3n) is 3.58. The van der Waals surface area contributed by atoms with Gasteiger partial charge in [0.25, 0.3) is 5.56 Å². The summed E-state index contributed by atoms with van der Waals surface area (Å²) >= 11 is 0. The molecule has 3 heterocycles. The van der Waals surface area contributed by atoms with Gasteiger partial charge in [0.15, 0.2) is 5.82 Å². The highest BCUT2D eigenvalue weighted by Crippen LogP contribution is 2.18. The van der Waals surface area contributed by atoms with Gasteiger partial charge in [-0.1, -0.05) is 13.0 Å². The number of nitrogens with zero attached hydrogens (tertiary/aromatic N) is 4. The molecule has 0 atom stereocenters. The largest absolute Gasteiger partial charge is 0.480 e. The number of hydrogen-bond acceptors (Lipinski definition) is 5. The minimum Gasteiger partial charge on any atom is -0.480 e. The van der Waals surface area contributed by atoms with Gasteiger partial charge in [-0.25, -0.2) is 0 Å². The quantitative estimate of drug-likeness (QED) is 0.874. The first-order valence-corrected chi connectivity index (χ1v) is 7.08. The van der Waals surface area contributed by atoms with Crippen LogP contribution in [0.15, 0.2) is 16.9 Å². The molecular weight excluding hydrogens is 288 g/mol. The number of hydrogen-bond donors (Lipinski definition) is 1. The molecular formula is C14H16N4O4. The highest BCUT2D eigenvalue weighted by Gasteiger charge is 2.18. The van der Waals surface area contributed by atoms with Crippen molar-refractivity contribution >= 4 is 17.3 Å². The van der Waals surface area contributed by atoms with Crippen molar-refractivity contribution in [2.75, 3.05) is 13.2 Å². The summed E-state index contributed by atoms with van der Waals surface area (Å²) in [5.74, 6) is -0.281. The van der Waals surface area contributed by atoms with Crippen molar-refractivity contribution in [3.63, 3.8) is 0 Å². The molecule has 0 saturated heterocycles. The van der Waals surface area contributed by atoms with Crippen LogP contribution in [0.25, 0.3) is 11.4 Å². The molecule has 0 amide bonds. The molecule has 2 aromatic rings. The van der Waals surface area contributed by atoms with Crippen LogP contribution in [-0.2, 0) is 22.5 Å². The molecule has 116 valence electrons. The van der Waals surface area contributed by atoms with Crippen LogP contribution in [0.2, 0.25) is 0 Å². The Hall–Kier alpha value is -2.48. The lowest BCUT2D eigenvalue weighted by Crippen LogP contribution is -2.23. The molecule has 22 heavy (non-hydrogen) atoms. The van der Waals surface area contributed by atoms with Gasteiger partial charge in [-0.15, -0.1) is 5.10 Å². The first-order chi connectivity index (χ1) is 10.6. The second-order valence-electron chi connectivity index (χ2n) is 5.01. The van der Waals surface area contributed by atoms with Gasteiger partial charge in [0, 0.05) is 11.8 Å². The van der Waals surface area contributed by atoms with Crippen LogP contribution >= 0.6 is 0 Å². The normalized spacial score (nSPS) is 15.0. The predicted molar refractivity (Wildman–Crippen MR) is 77.7 cm³/mol. The van der Waals surface area contributed by atoms with E-state index in [1.54, 1.807) is 0 Å².